The third kappa shape index (κ3) is 3.73. The summed E-state index contributed by atoms with van der Waals surface area (Å²) >= 11 is 0. The van der Waals surface area contributed by atoms with Crippen LogP contribution in [0.3, 0.4) is 0 Å². The van der Waals surface area contributed by atoms with Crippen LogP contribution in [0.4, 0.5) is 4.79 Å². The van der Waals surface area contributed by atoms with Gasteiger partial charge in [0.1, 0.15) is 12.0 Å². The van der Waals surface area contributed by atoms with Crippen LogP contribution >= 0.6 is 0 Å². The van der Waals surface area contributed by atoms with Gasteiger partial charge in [-0.2, -0.15) is 4.57 Å². The maximum Gasteiger partial charge on any atom is 0.427 e. The first-order valence-electron chi connectivity index (χ1n) is 9.36. The zero-order chi connectivity index (χ0) is 19.4. The molecule has 1 unspecified atom stereocenters. The Bertz CT molecular complexity index is 924. The molecule has 7 nitrogen and oxygen atoms in total. The molecule has 0 radical (unpaired) electrons. The maximum absolute atomic E-state index is 13.1. The summed E-state index contributed by atoms with van der Waals surface area (Å²) in [7, 11) is 0. The molecule has 1 aliphatic rings. The summed E-state index contributed by atoms with van der Waals surface area (Å²) in [5.74, 6) is 0.334. The number of carbonyl (C=O) groups excluding carboxylic acids is 1. The second-order valence-electron chi connectivity index (χ2n) is 6.43. The number of carbonyl (C=O) groups is 1. The molecule has 0 amide bonds. The van der Waals surface area contributed by atoms with Gasteiger partial charge < -0.3 is 9.47 Å². The van der Waals surface area contributed by atoms with E-state index in [0.717, 1.165) is 22.0 Å². The summed E-state index contributed by atoms with van der Waals surface area (Å²) in [5, 5.41) is 0. The quantitative estimate of drug-likeness (QED) is 0.824. The molecule has 27 heavy (non-hydrogen) atoms. The van der Waals surface area contributed by atoms with Gasteiger partial charge in [0, 0.05) is 17.9 Å². The minimum atomic E-state index is -0.817. The van der Waals surface area contributed by atoms with E-state index < -0.39 is 18.0 Å². The molecule has 0 aliphatic carbocycles. The molecule has 1 fully saturated rings. The molecule has 1 atom stereocenters. The summed E-state index contributed by atoms with van der Waals surface area (Å²) in [6, 6.07) is 8.54. The summed E-state index contributed by atoms with van der Waals surface area (Å²) in [5.41, 5.74) is -0.256. The summed E-state index contributed by atoms with van der Waals surface area (Å²) in [4.78, 5) is 38.9. The molecule has 0 saturated carbocycles. The third-order valence-corrected chi connectivity index (χ3v) is 4.76. The molecule has 1 aliphatic heterocycles. The van der Waals surface area contributed by atoms with E-state index in [9.17, 15) is 14.4 Å². The molecule has 1 aromatic carbocycles. The van der Waals surface area contributed by atoms with Crippen molar-refractivity contribution in [1.29, 1.82) is 0 Å². The smallest absolute Gasteiger partial charge is 0.410 e. The molecule has 2 heterocycles. The Balaban J connectivity index is 2.15. The molecule has 7 heteroatoms. The van der Waals surface area contributed by atoms with Crippen LogP contribution in [0.25, 0.3) is 0 Å². The highest BCUT2D eigenvalue weighted by molar-refractivity contribution is 5.74. The molecular weight excluding hydrogens is 348 g/mol. The number of aromatic nitrogens is 2. The topological polar surface area (TPSA) is 79.5 Å². The molecule has 0 N–H and O–H groups in total. The van der Waals surface area contributed by atoms with Crippen LogP contribution in [-0.2, 0) is 17.6 Å². The average molecular weight is 372 g/mol. The van der Waals surface area contributed by atoms with Crippen LogP contribution in [-0.4, -0.2) is 21.8 Å². The van der Waals surface area contributed by atoms with Gasteiger partial charge in [0.2, 0.25) is 0 Å². The van der Waals surface area contributed by atoms with Gasteiger partial charge >= 0.3 is 11.8 Å². The van der Waals surface area contributed by atoms with Gasteiger partial charge in [-0.05, 0) is 44.2 Å². The van der Waals surface area contributed by atoms with Crippen LogP contribution in [0.5, 0.6) is 5.75 Å². The number of ether oxygens (including phenoxy) is 2. The van der Waals surface area contributed by atoms with E-state index in [0.29, 0.717) is 42.9 Å². The Morgan fingerprint density at radius 3 is 2.48 bits per heavy atom. The van der Waals surface area contributed by atoms with Gasteiger partial charge in [0.25, 0.3) is 5.56 Å². The largest absolute Gasteiger partial charge is 0.427 e. The minimum absolute atomic E-state index is 0.334. The van der Waals surface area contributed by atoms with Crippen molar-refractivity contribution < 1.29 is 14.3 Å². The third-order valence-electron chi connectivity index (χ3n) is 4.76. The first-order valence-corrected chi connectivity index (χ1v) is 9.36. The van der Waals surface area contributed by atoms with E-state index in [4.69, 9.17) is 9.47 Å². The van der Waals surface area contributed by atoms with E-state index in [1.165, 1.54) is 0 Å². The van der Waals surface area contributed by atoms with Crippen molar-refractivity contribution in [3.05, 3.63) is 62.4 Å². The number of nitrogens with zero attached hydrogens (tertiary/aromatic N) is 2. The van der Waals surface area contributed by atoms with E-state index in [1.807, 2.05) is 6.92 Å². The van der Waals surface area contributed by atoms with Crippen LogP contribution in [0.1, 0.15) is 50.6 Å². The zero-order valence-corrected chi connectivity index (χ0v) is 15.6. The van der Waals surface area contributed by atoms with Gasteiger partial charge in [0.05, 0.1) is 0 Å². The second kappa shape index (κ2) is 8.35. The maximum atomic E-state index is 13.1. The van der Waals surface area contributed by atoms with Crippen molar-refractivity contribution in [1.82, 2.24) is 9.13 Å². The SMILES string of the molecule is CCc1c(CC)n(C(=O)Oc2ccccc2)c(=O)n(C2CCCCO2)c1=O. The lowest BCUT2D eigenvalue weighted by Crippen LogP contribution is -2.49. The first-order chi connectivity index (χ1) is 13.1. The second-order valence-corrected chi connectivity index (χ2v) is 6.43. The van der Waals surface area contributed by atoms with Crippen LogP contribution in [0, 0.1) is 0 Å². The Labute approximate surface area is 157 Å². The Hall–Kier alpha value is -2.67. The molecule has 1 aromatic heterocycles. The van der Waals surface area contributed by atoms with E-state index in [2.05, 4.69) is 0 Å². The number of para-hydroxylation sites is 1. The molecule has 0 bridgehead atoms. The number of benzene rings is 1. The fourth-order valence-corrected chi connectivity index (χ4v) is 3.45. The predicted molar refractivity (Wildman–Crippen MR) is 100 cm³/mol. The highest BCUT2D eigenvalue weighted by atomic mass is 16.6. The lowest BCUT2D eigenvalue weighted by molar-refractivity contribution is -0.0375. The van der Waals surface area contributed by atoms with Crippen molar-refractivity contribution in [2.45, 2.75) is 52.2 Å². The zero-order valence-electron chi connectivity index (χ0n) is 15.6. The fourth-order valence-electron chi connectivity index (χ4n) is 3.45. The standard InChI is InChI=1S/C20H24N2O5/c1-3-15-16(4-2)21(20(25)27-14-10-6-5-7-11-14)19(24)22(18(15)23)17-12-8-9-13-26-17/h5-7,10-11,17H,3-4,8-9,12-13H2,1-2H3. The average Bonchev–Trinajstić information content (AvgIpc) is 2.69. The first kappa shape index (κ1) is 19.1. The number of hydrogen-bond acceptors (Lipinski definition) is 5. The van der Waals surface area contributed by atoms with Crippen molar-refractivity contribution in [2.75, 3.05) is 6.61 Å². The summed E-state index contributed by atoms with van der Waals surface area (Å²) < 4.78 is 13.1. The molecular formula is C20H24N2O5. The Morgan fingerprint density at radius 1 is 1.15 bits per heavy atom. The van der Waals surface area contributed by atoms with Gasteiger partial charge in [-0.15, -0.1) is 0 Å². The molecule has 3 rings (SSSR count). The van der Waals surface area contributed by atoms with E-state index >= 15 is 0 Å². The van der Waals surface area contributed by atoms with Crippen LogP contribution < -0.4 is 16.0 Å². The fraction of sp³-hybridized carbons (Fsp3) is 0.450. The van der Waals surface area contributed by atoms with Crippen LogP contribution in [0.2, 0.25) is 0 Å². The lowest BCUT2D eigenvalue weighted by atomic mass is 10.1. The molecule has 144 valence electrons. The van der Waals surface area contributed by atoms with Crippen molar-refractivity contribution in [3.8, 4) is 5.75 Å². The van der Waals surface area contributed by atoms with Crippen LogP contribution in [0.15, 0.2) is 39.9 Å². The highest BCUT2D eigenvalue weighted by Crippen LogP contribution is 2.20. The van der Waals surface area contributed by atoms with Gasteiger partial charge in [0.15, 0.2) is 0 Å². The molecule has 1 saturated heterocycles. The molecule has 2 aromatic rings. The Kier molecular flexibility index (Phi) is 5.91. The monoisotopic (exact) mass is 372 g/mol. The highest BCUT2D eigenvalue weighted by Gasteiger charge is 2.27. The van der Waals surface area contributed by atoms with E-state index in [1.54, 1.807) is 37.3 Å². The van der Waals surface area contributed by atoms with Crippen molar-refractivity contribution >= 4 is 6.09 Å². The van der Waals surface area contributed by atoms with Gasteiger partial charge in [-0.25, -0.2) is 14.2 Å². The summed E-state index contributed by atoms with van der Waals surface area (Å²) in [6.45, 7) is 4.13. The van der Waals surface area contributed by atoms with Gasteiger partial charge in [-0.1, -0.05) is 32.0 Å². The lowest BCUT2D eigenvalue weighted by Gasteiger charge is -2.26. The van der Waals surface area contributed by atoms with E-state index in [-0.39, 0.29) is 5.56 Å². The van der Waals surface area contributed by atoms with Crippen molar-refractivity contribution in [2.24, 2.45) is 0 Å². The normalized spacial score (nSPS) is 16.9. The minimum Gasteiger partial charge on any atom is -0.410 e. The van der Waals surface area contributed by atoms with Gasteiger partial charge in [-0.3, -0.25) is 4.79 Å². The Morgan fingerprint density at radius 2 is 1.89 bits per heavy atom. The molecule has 0 spiro atoms. The predicted octanol–water partition coefficient (Wildman–Crippen LogP) is 2.88. The number of hydrogen-bond donors (Lipinski definition) is 0. The van der Waals surface area contributed by atoms with Crippen molar-refractivity contribution in [3.63, 3.8) is 0 Å². The summed E-state index contributed by atoms with van der Waals surface area (Å²) in [6.07, 6.45) is 1.63. The number of rotatable bonds is 4.